The first-order chi connectivity index (χ1) is 12.7. The summed E-state index contributed by atoms with van der Waals surface area (Å²) in [5, 5.41) is 12.1. The van der Waals surface area contributed by atoms with E-state index in [9.17, 15) is 19.5 Å². The van der Waals surface area contributed by atoms with E-state index < -0.39 is 35.7 Å². The van der Waals surface area contributed by atoms with Gasteiger partial charge in [0, 0.05) is 19.1 Å². The maximum Gasteiger partial charge on any atom is 0.410 e. The van der Waals surface area contributed by atoms with E-state index in [0.29, 0.717) is 6.42 Å². The fourth-order valence-electron chi connectivity index (χ4n) is 2.81. The van der Waals surface area contributed by atoms with Crippen LogP contribution in [-0.2, 0) is 20.9 Å². The number of hydrogen-bond donors (Lipinski definition) is 2. The average molecular weight is 378 g/mol. The number of likely N-dealkylation sites (tertiary alicyclic amines) is 1. The molecule has 2 atom stereocenters. The predicted octanol–water partition coefficient (Wildman–Crippen LogP) is 2.62. The van der Waals surface area contributed by atoms with Crippen molar-refractivity contribution in [1.29, 1.82) is 0 Å². The summed E-state index contributed by atoms with van der Waals surface area (Å²) in [7, 11) is 0. The number of ether oxygens (including phenoxy) is 2. The zero-order valence-electron chi connectivity index (χ0n) is 15.8. The topological polar surface area (TPSA) is 105 Å². The Labute approximate surface area is 158 Å². The molecule has 2 amide bonds. The van der Waals surface area contributed by atoms with Gasteiger partial charge in [-0.05, 0) is 32.8 Å². The van der Waals surface area contributed by atoms with Gasteiger partial charge in [-0.15, -0.1) is 0 Å². The number of nitrogens with zero attached hydrogens (tertiary/aromatic N) is 1. The summed E-state index contributed by atoms with van der Waals surface area (Å²) < 4.78 is 10.4. The van der Waals surface area contributed by atoms with E-state index in [1.165, 1.54) is 4.90 Å². The van der Waals surface area contributed by atoms with Crippen LogP contribution < -0.4 is 5.32 Å². The fourth-order valence-corrected chi connectivity index (χ4v) is 2.81. The Morgan fingerprint density at radius 1 is 1.22 bits per heavy atom. The average Bonchev–Trinajstić information content (AvgIpc) is 2.59. The Balaban J connectivity index is 1.91. The minimum atomic E-state index is -1.09. The van der Waals surface area contributed by atoms with Gasteiger partial charge in [-0.2, -0.15) is 0 Å². The molecule has 0 saturated carbocycles. The number of rotatable bonds is 4. The molecular weight excluding hydrogens is 352 g/mol. The van der Waals surface area contributed by atoms with Crippen molar-refractivity contribution in [2.75, 3.05) is 13.1 Å². The Bertz CT molecular complexity index is 671. The second-order valence-electron chi connectivity index (χ2n) is 7.47. The summed E-state index contributed by atoms with van der Waals surface area (Å²) in [4.78, 5) is 37.2. The third kappa shape index (κ3) is 6.47. The molecule has 2 unspecified atom stereocenters. The molecule has 2 N–H and O–H groups in total. The van der Waals surface area contributed by atoms with Crippen LogP contribution in [0.4, 0.5) is 9.59 Å². The molecule has 0 aromatic heterocycles. The first kappa shape index (κ1) is 20.5. The number of carbonyl (C=O) groups excluding carboxylic acids is 2. The second-order valence-corrected chi connectivity index (χ2v) is 7.47. The first-order valence-corrected chi connectivity index (χ1v) is 8.83. The van der Waals surface area contributed by atoms with Gasteiger partial charge < -0.3 is 24.8 Å². The molecule has 0 spiro atoms. The number of aliphatic carboxylic acids is 1. The van der Waals surface area contributed by atoms with E-state index >= 15 is 0 Å². The number of amides is 2. The van der Waals surface area contributed by atoms with Gasteiger partial charge in [0.25, 0.3) is 0 Å². The number of carboxylic acid groups (broad SMARTS) is 1. The number of carboxylic acids is 1. The molecule has 27 heavy (non-hydrogen) atoms. The van der Waals surface area contributed by atoms with Gasteiger partial charge in [0.15, 0.2) is 0 Å². The molecule has 1 aliphatic rings. The molecule has 0 aliphatic carbocycles. The van der Waals surface area contributed by atoms with Gasteiger partial charge >= 0.3 is 18.2 Å². The molecule has 0 radical (unpaired) electrons. The van der Waals surface area contributed by atoms with Crippen LogP contribution in [0.5, 0.6) is 0 Å². The fraction of sp³-hybridized carbons (Fsp3) is 0.526. The molecule has 2 rings (SSSR count). The third-order valence-corrected chi connectivity index (χ3v) is 4.10. The lowest BCUT2D eigenvalue weighted by molar-refractivity contribution is -0.144. The van der Waals surface area contributed by atoms with Crippen LogP contribution in [0.3, 0.4) is 0 Å². The van der Waals surface area contributed by atoms with Crippen LogP contribution in [0.1, 0.15) is 32.8 Å². The van der Waals surface area contributed by atoms with E-state index in [-0.39, 0.29) is 19.7 Å². The summed E-state index contributed by atoms with van der Waals surface area (Å²) in [5.74, 6) is -2.02. The van der Waals surface area contributed by atoms with Crippen LogP contribution in [-0.4, -0.2) is 52.9 Å². The molecule has 1 fully saturated rings. The van der Waals surface area contributed by atoms with Gasteiger partial charge in [-0.3, -0.25) is 4.79 Å². The normalized spacial score (nSPS) is 19.9. The Morgan fingerprint density at radius 3 is 2.48 bits per heavy atom. The summed E-state index contributed by atoms with van der Waals surface area (Å²) in [6.07, 6.45) is -0.934. The van der Waals surface area contributed by atoms with Crippen LogP contribution in [0.2, 0.25) is 0 Å². The van der Waals surface area contributed by atoms with Crippen molar-refractivity contribution in [3.63, 3.8) is 0 Å². The molecule has 8 nitrogen and oxygen atoms in total. The molecule has 1 saturated heterocycles. The van der Waals surface area contributed by atoms with Gasteiger partial charge in [0.2, 0.25) is 0 Å². The first-order valence-electron chi connectivity index (χ1n) is 8.83. The number of benzene rings is 1. The van der Waals surface area contributed by atoms with E-state index in [1.54, 1.807) is 20.8 Å². The lowest BCUT2D eigenvalue weighted by Gasteiger charge is -2.36. The van der Waals surface area contributed by atoms with Crippen LogP contribution in [0.15, 0.2) is 30.3 Å². The summed E-state index contributed by atoms with van der Waals surface area (Å²) in [6.45, 7) is 5.56. The van der Waals surface area contributed by atoms with E-state index in [4.69, 9.17) is 9.47 Å². The molecule has 0 bridgehead atoms. The third-order valence-electron chi connectivity index (χ3n) is 4.10. The van der Waals surface area contributed by atoms with Crippen molar-refractivity contribution >= 4 is 18.2 Å². The molecule has 8 heteroatoms. The summed E-state index contributed by atoms with van der Waals surface area (Å²) >= 11 is 0. The molecule has 1 aliphatic heterocycles. The zero-order valence-corrected chi connectivity index (χ0v) is 15.8. The van der Waals surface area contributed by atoms with Crippen LogP contribution in [0, 0.1) is 5.92 Å². The molecule has 148 valence electrons. The SMILES string of the molecule is CC(C)(C)OC(=O)NC1CCN(C(=O)OCc2ccccc2)CC1C(=O)O. The van der Waals surface area contributed by atoms with Crippen LogP contribution >= 0.6 is 0 Å². The zero-order chi connectivity index (χ0) is 20.0. The van der Waals surface area contributed by atoms with Crippen molar-refractivity contribution in [2.45, 2.75) is 45.4 Å². The van der Waals surface area contributed by atoms with Gasteiger partial charge in [0.1, 0.15) is 12.2 Å². The highest BCUT2D eigenvalue weighted by Gasteiger charge is 2.38. The van der Waals surface area contributed by atoms with Gasteiger partial charge in [-0.1, -0.05) is 30.3 Å². The van der Waals surface area contributed by atoms with Crippen molar-refractivity contribution < 1.29 is 29.0 Å². The van der Waals surface area contributed by atoms with Gasteiger partial charge in [-0.25, -0.2) is 9.59 Å². The lowest BCUT2D eigenvalue weighted by atomic mass is 9.92. The van der Waals surface area contributed by atoms with Crippen molar-refractivity contribution in [3.8, 4) is 0 Å². The highest BCUT2D eigenvalue weighted by atomic mass is 16.6. The maximum absolute atomic E-state index is 12.3. The van der Waals surface area contributed by atoms with E-state index in [0.717, 1.165) is 5.56 Å². The minimum absolute atomic E-state index is 0.0383. The molecule has 1 aromatic rings. The largest absolute Gasteiger partial charge is 0.481 e. The summed E-state index contributed by atoms with van der Waals surface area (Å²) in [5.41, 5.74) is 0.173. The van der Waals surface area contributed by atoms with E-state index in [2.05, 4.69) is 5.32 Å². The number of nitrogens with one attached hydrogen (secondary N) is 1. The maximum atomic E-state index is 12.3. The number of hydrogen-bond acceptors (Lipinski definition) is 5. The van der Waals surface area contributed by atoms with Crippen molar-refractivity contribution in [2.24, 2.45) is 5.92 Å². The predicted molar refractivity (Wildman–Crippen MR) is 97.1 cm³/mol. The minimum Gasteiger partial charge on any atom is -0.481 e. The number of piperidine rings is 1. The van der Waals surface area contributed by atoms with Crippen molar-refractivity contribution in [1.82, 2.24) is 10.2 Å². The quantitative estimate of drug-likeness (QED) is 0.834. The number of alkyl carbamates (subject to hydrolysis) is 1. The summed E-state index contributed by atoms with van der Waals surface area (Å²) in [6, 6.07) is 8.62. The van der Waals surface area contributed by atoms with E-state index in [1.807, 2.05) is 30.3 Å². The molecule has 1 heterocycles. The van der Waals surface area contributed by atoms with Crippen LogP contribution in [0.25, 0.3) is 0 Å². The Morgan fingerprint density at radius 2 is 1.89 bits per heavy atom. The second kappa shape index (κ2) is 8.75. The smallest absolute Gasteiger partial charge is 0.410 e. The highest BCUT2D eigenvalue weighted by Crippen LogP contribution is 2.20. The van der Waals surface area contributed by atoms with Crippen molar-refractivity contribution in [3.05, 3.63) is 35.9 Å². The molecule has 1 aromatic carbocycles. The Kier molecular flexibility index (Phi) is 6.65. The standard InChI is InChI=1S/C19H26N2O6/c1-19(2,3)27-17(24)20-15-9-10-21(11-14(15)16(22)23)18(25)26-12-13-7-5-4-6-8-13/h4-8,14-15H,9-12H2,1-3H3,(H,20,24)(H,22,23). The lowest BCUT2D eigenvalue weighted by Crippen LogP contribution is -2.55. The highest BCUT2D eigenvalue weighted by molar-refractivity contribution is 5.76. The Hall–Kier alpha value is -2.77. The van der Waals surface area contributed by atoms with Gasteiger partial charge in [0.05, 0.1) is 5.92 Å². The monoisotopic (exact) mass is 378 g/mol. The number of carbonyl (C=O) groups is 3. The molecular formula is C19H26N2O6.